The third-order valence-electron chi connectivity index (χ3n) is 3.87. The smallest absolute Gasteiger partial charge is 0.410 e. The standard InChI is InChI=1S/C9H18N2O2.C9H20.C2H6/c1-9(2,3)13-8(12)11-5-4-7(10)6-11;1-4-6-7-8-9(3)5-2;1-2/h7H,4-6,10H2,1-3H3;9H,4-8H2,1-3H3;1-2H3. The van der Waals surface area contributed by atoms with Crippen LogP contribution in [0.4, 0.5) is 4.79 Å². The summed E-state index contributed by atoms with van der Waals surface area (Å²) in [4.78, 5) is 13.1. The van der Waals surface area contributed by atoms with Gasteiger partial charge in [-0.15, -0.1) is 0 Å². The Kier molecular flexibility index (Phi) is 15.5. The number of hydrogen-bond donors (Lipinski definition) is 1. The van der Waals surface area contributed by atoms with Crippen molar-refractivity contribution in [3.05, 3.63) is 0 Å². The van der Waals surface area contributed by atoms with Crippen molar-refractivity contribution >= 4 is 6.09 Å². The van der Waals surface area contributed by atoms with Crippen LogP contribution in [0.15, 0.2) is 0 Å². The molecule has 4 nitrogen and oxygen atoms in total. The van der Waals surface area contributed by atoms with Crippen LogP contribution in [0.2, 0.25) is 0 Å². The van der Waals surface area contributed by atoms with Crippen LogP contribution >= 0.6 is 0 Å². The summed E-state index contributed by atoms with van der Waals surface area (Å²) in [6.07, 6.45) is 7.62. The molecule has 0 radical (unpaired) electrons. The highest BCUT2D eigenvalue weighted by Gasteiger charge is 2.27. The minimum Gasteiger partial charge on any atom is -0.444 e. The quantitative estimate of drug-likeness (QED) is 0.661. The Bertz CT molecular complexity index is 301. The molecule has 1 amide bonds. The predicted octanol–water partition coefficient (Wildman–Crippen LogP) is 5.59. The third-order valence-corrected chi connectivity index (χ3v) is 3.87. The third kappa shape index (κ3) is 14.8. The molecule has 1 aliphatic heterocycles. The number of carbonyl (C=O) groups excluding carboxylic acids is 1. The second-order valence-electron chi connectivity index (χ2n) is 7.48. The Hall–Kier alpha value is -0.770. The number of nitrogens with zero attached hydrogens (tertiary/aromatic N) is 1. The maximum absolute atomic E-state index is 11.5. The molecule has 0 bridgehead atoms. The zero-order valence-electron chi connectivity index (χ0n) is 17.7. The Morgan fingerprint density at radius 1 is 1.25 bits per heavy atom. The predicted molar refractivity (Wildman–Crippen MR) is 105 cm³/mol. The molecule has 0 saturated carbocycles. The summed E-state index contributed by atoms with van der Waals surface area (Å²) in [6.45, 7) is 17.8. The number of nitrogens with two attached hydrogens (primary N) is 1. The van der Waals surface area contributed by atoms with E-state index in [1.807, 2.05) is 34.6 Å². The van der Waals surface area contributed by atoms with Gasteiger partial charge in [0.15, 0.2) is 0 Å². The van der Waals surface area contributed by atoms with Crippen LogP contribution in [-0.4, -0.2) is 35.7 Å². The minimum absolute atomic E-state index is 0.118. The van der Waals surface area contributed by atoms with Crippen LogP contribution in [0.5, 0.6) is 0 Å². The minimum atomic E-state index is -0.413. The molecule has 2 unspecified atom stereocenters. The summed E-state index contributed by atoms with van der Waals surface area (Å²) in [6, 6.07) is 0.118. The zero-order chi connectivity index (χ0) is 19.2. The highest BCUT2D eigenvalue weighted by atomic mass is 16.6. The monoisotopic (exact) mass is 344 g/mol. The van der Waals surface area contributed by atoms with Gasteiger partial charge < -0.3 is 15.4 Å². The lowest BCUT2D eigenvalue weighted by Crippen LogP contribution is -2.36. The summed E-state index contributed by atoms with van der Waals surface area (Å²) >= 11 is 0. The lowest BCUT2D eigenvalue weighted by atomic mass is 10.0. The Labute approximate surface area is 151 Å². The van der Waals surface area contributed by atoms with Crippen LogP contribution < -0.4 is 5.73 Å². The zero-order valence-corrected chi connectivity index (χ0v) is 17.7. The number of rotatable bonds is 5. The first-order valence-electron chi connectivity index (χ1n) is 9.93. The van der Waals surface area contributed by atoms with E-state index >= 15 is 0 Å². The summed E-state index contributed by atoms with van der Waals surface area (Å²) in [5.74, 6) is 0.955. The van der Waals surface area contributed by atoms with Gasteiger partial charge in [-0.25, -0.2) is 4.79 Å². The first kappa shape index (κ1) is 25.5. The van der Waals surface area contributed by atoms with E-state index in [1.165, 1.54) is 32.1 Å². The first-order valence-corrected chi connectivity index (χ1v) is 9.93. The molecule has 146 valence electrons. The molecule has 4 heteroatoms. The fourth-order valence-corrected chi connectivity index (χ4v) is 2.23. The Morgan fingerprint density at radius 3 is 2.21 bits per heavy atom. The van der Waals surface area contributed by atoms with Crippen LogP contribution in [0.25, 0.3) is 0 Å². The topological polar surface area (TPSA) is 55.6 Å². The number of ether oxygens (including phenoxy) is 1. The Morgan fingerprint density at radius 2 is 1.83 bits per heavy atom. The molecule has 1 rings (SSSR count). The van der Waals surface area contributed by atoms with Gasteiger partial charge in [0.2, 0.25) is 0 Å². The molecule has 2 N–H and O–H groups in total. The molecule has 0 spiro atoms. The van der Waals surface area contributed by atoms with Gasteiger partial charge in [-0.05, 0) is 33.1 Å². The average Bonchev–Trinajstić information content (AvgIpc) is 2.95. The van der Waals surface area contributed by atoms with E-state index in [4.69, 9.17) is 10.5 Å². The first-order chi connectivity index (χ1) is 11.2. The number of hydrogen-bond acceptors (Lipinski definition) is 3. The molecule has 1 aliphatic rings. The molecule has 1 heterocycles. The second-order valence-corrected chi connectivity index (χ2v) is 7.48. The number of likely N-dealkylation sites (tertiary alicyclic amines) is 1. The lowest BCUT2D eigenvalue weighted by molar-refractivity contribution is 0.0292. The van der Waals surface area contributed by atoms with Gasteiger partial charge >= 0.3 is 6.09 Å². The van der Waals surface area contributed by atoms with Gasteiger partial charge in [0.1, 0.15) is 5.60 Å². The molecule has 0 aromatic heterocycles. The van der Waals surface area contributed by atoms with Gasteiger partial charge in [-0.3, -0.25) is 0 Å². The molecule has 1 saturated heterocycles. The van der Waals surface area contributed by atoms with E-state index in [2.05, 4.69) is 20.8 Å². The molecule has 24 heavy (non-hydrogen) atoms. The van der Waals surface area contributed by atoms with E-state index in [1.54, 1.807) is 4.90 Å². The fraction of sp³-hybridized carbons (Fsp3) is 0.950. The number of carbonyl (C=O) groups is 1. The highest BCUT2D eigenvalue weighted by Crippen LogP contribution is 2.14. The van der Waals surface area contributed by atoms with Gasteiger partial charge in [0.25, 0.3) is 0 Å². The van der Waals surface area contributed by atoms with E-state index < -0.39 is 5.60 Å². The summed E-state index contributed by atoms with van der Waals surface area (Å²) < 4.78 is 5.20. The van der Waals surface area contributed by atoms with Crippen LogP contribution in [0.3, 0.4) is 0 Å². The summed E-state index contributed by atoms with van der Waals surface area (Å²) in [5.41, 5.74) is 5.26. The van der Waals surface area contributed by atoms with Crippen LogP contribution in [0, 0.1) is 5.92 Å². The molecule has 0 aliphatic carbocycles. The molecule has 0 aromatic carbocycles. The van der Waals surface area contributed by atoms with E-state index in [-0.39, 0.29) is 12.1 Å². The van der Waals surface area contributed by atoms with Crippen molar-refractivity contribution < 1.29 is 9.53 Å². The molecule has 0 aromatic rings. The van der Waals surface area contributed by atoms with Gasteiger partial charge in [-0.1, -0.05) is 66.7 Å². The molecule has 2 atom stereocenters. The maximum atomic E-state index is 11.5. The van der Waals surface area contributed by atoms with Crippen molar-refractivity contribution in [1.29, 1.82) is 0 Å². The summed E-state index contributed by atoms with van der Waals surface area (Å²) in [7, 11) is 0. The van der Waals surface area contributed by atoms with Crippen molar-refractivity contribution in [3.63, 3.8) is 0 Å². The summed E-state index contributed by atoms with van der Waals surface area (Å²) in [5, 5.41) is 0. The molecular weight excluding hydrogens is 300 g/mol. The normalized spacial score (nSPS) is 18.0. The SMILES string of the molecule is CC.CC(C)(C)OC(=O)N1CCC(N)C1.CCCCCC(C)CC. The maximum Gasteiger partial charge on any atom is 0.410 e. The van der Waals surface area contributed by atoms with Gasteiger partial charge in [0, 0.05) is 19.1 Å². The van der Waals surface area contributed by atoms with Gasteiger partial charge in [-0.2, -0.15) is 0 Å². The lowest BCUT2D eigenvalue weighted by Gasteiger charge is -2.24. The van der Waals surface area contributed by atoms with E-state index in [0.29, 0.717) is 6.54 Å². The van der Waals surface area contributed by atoms with Crippen LogP contribution in [0.1, 0.15) is 93.9 Å². The van der Waals surface area contributed by atoms with Crippen molar-refractivity contribution in [2.75, 3.05) is 13.1 Å². The molecular formula is C20H44N2O2. The van der Waals surface area contributed by atoms with Crippen molar-refractivity contribution in [2.45, 2.75) is 106 Å². The highest BCUT2D eigenvalue weighted by molar-refractivity contribution is 5.68. The van der Waals surface area contributed by atoms with Crippen molar-refractivity contribution in [3.8, 4) is 0 Å². The van der Waals surface area contributed by atoms with Crippen LogP contribution in [-0.2, 0) is 4.74 Å². The molecule has 1 fully saturated rings. The fourth-order valence-electron chi connectivity index (χ4n) is 2.23. The van der Waals surface area contributed by atoms with Crippen molar-refractivity contribution in [2.24, 2.45) is 11.7 Å². The van der Waals surface area contributed by atoms with Gasteiger partial charge in [0.05, 0.1) is 0 Å². The second kappa shape index (κ2) is 14.6. The number of unbranched alkanes of at least 4 members (excludes halogenated alkanes) is 2. The van der Waals surface area contributed by atoms with Crippen molar-refractivity contribution in [1.82, 2.24) is 4.90 Å². The Balaban J connectivity index is 0. The van der Waals surface area contributed by atoms with E-state index in [0.717, 1.165) is 18.9 Å². The number of amides is 1. The average molecular weight is 345 g/mol. The largest absolute Gasteiger partial charge is 0.444 e. The van der Waals surface area contributed by atoms with E-state index in [9.17, 15) is 4.79 Å².